The first-order valence-corrected chi connectivity index (χ1v) is 8.53. The number of aromatic nitrogens is 2. The van der Waals surface area contributed by atoms with E-state index < -0.39 is 0 Å². The van der Waals surface area contributed by atoms with E-state index in [4.69, 9.17) is 0 Å². The Kier molecular flexibility index (Phi) is 5.03. The van der Waals surface area contributed by atoms with Gasteiger partial charge < -0.3 is 15.5 Å². The summed E-state index contributed by atoms with van der Waals surface area (Å²) in [5.74, 6) is 0. The van der Waals surface area contributed by atoms with Crippen LogP contribution >= 0.6 is 0 Å². The Hall–Kier alpha value is -2.50. The smallest absolute Gasteiger partial charge is 0.322 e. The van der Waals surface area contributed by atoms with Crippen molar-refractivity contribution in [2.75, 3.05) is 23.7 Å². The summed E-state index contributed by atoms with van der Waals surface area (Å²) in [6, 6.07) is 10.7. The fourth-order valence-electron chi connectivity index (χ4n) is 2.94. The highest BCUT2D eigenvalue weighted by Gasteiger charge is 2.23. The molecule has 6 nitrogen and oxygen atoms in total. The van der Waals surface area contributed by atoms with Gasteiger partial charge in [-0.1, -0.05) is 18.2 Å². The minimum atomic E-state index is -0.0575. The lowest BCUT2D eigenvalue weighted by atomic mass is 10.1. The van der Waals surface area contributed by atoms with Crippen molar-refractivity contribution in [1.82, 2.24) is 14.7 Å². The number of rotatable bonds is 4. The summed E-state index contributed by atoms with van der Waals surface area (Å²) < 4.78 is 1.84. The van der Waals surface area contributed by atoms with Crippen LogP contribution < -0.4 is 10.6 Å². The molecule has 0 radical (unpaired) electrons. The van der Waals surface area contributed by atoms with Crippen molar-refractivity contribution in [2.45, 2.75) is 38.8 Å². The van der Waals surface area contributed by atoms with Gasteiger partial charge in [0.25, 0.3) is 0 Å². The molecule has 3 rings (SSSR count). The van der Waals surface area contributed by atoms with Crippen molar-refractivity contribution in [3.05, 3.63) is 42.7 Å². The Bertz CT molecular complexity index is 667. The quantitative estimate of drug-likeness (QED) is 0.902. The van der Waals surface area contributed by atoms with E-state index >= 15 is 0 Å². The van der Waals surface area contributed by atoms with Gasteiger partial charge in [0.1, 0.15) is 0 Å². The van der Waals surface area contributed by atoms with E-state index in [0.29, 0.717) is 6.54 Å². The Labute approximate surface area is 142 Å². The van der Waals surface area contributed by atoms with Crippen LogP contribution in [0, 0.1) is 0 Å². The van der Waals surface area contributed by atoms with Crippen LogP contribution in [0.5, 0.6) is 0 Å². The molecule has 0 spiro atoms. The summed E-state index contributed by atoms with van der Waals surface area (Å²) in [5, 5.41) is 10.7. The van der Waals surface area contributed by atoms with Gasteiger partial charge in [-0.15, -0.1) is 0 Å². The van der Waals surface area contributed by atoms with Crippen LogP contribution in [0.15, 0.2) is 42.7 Å². The molecule has 1 fully saturated rings. The number of amides is 2. The number of hydrogen-bond acceptors (Lipinski definition) is 3. The van der Waals surface area contributed by atoms with Gasteiger partial charge in [0.2, 0.25) is 0 Å². The Morgan fingerprint density at radius 3 is 2.75 bits per heavy atom. The molecule has 0 aliphatic carbocycles. The van der Waals surface area contributed by atoms with Crippen LogP contribution in [0.4, 0.5) is 16.2 Å². The van der Waals surface area contributed by atoms with Gasteiger partial charge >= 0.3 is 6.03 Å². The lowest BCUT2D eigenvalue weighted by Crippen LogP contribution is -2.46. The minimum absolute atomic E-state index is 0.0575. The third kappa shape index (κ3) is 4.07. The number of para-hydroxylation sites is 1. The lowest BCUT2D eigenvalue weighted by molar-refractivity contribution is 0.196. The van der Waals surface area contributed by atoms with Crippen molar-refractivity contribution in [3.63, 3.8) is 0 Å². The van der Waals surface area contributed by atoms with Gasteiger partial charge in [-0.25, -0.2) is 4.79 Å². The molecule has 2 amide bonds. The largest absolute Gasteiger partial charge is 0.381 e. The number of benzene rings is 1. The van der Waals surface area contributed by atoms with Gasteiger partial charge in [0, 0.05) is 37.1 Å². The number of nitrogens with one attached hydrogen (secondary N) is 2. The Balaban J connectivity index is 1.56. The molecule has 2 heterocycles. The summed E-state index contributed by atoms with van der Waals surface area (Å²) in [5.41, 5.74) is 1.84. The molecule has 1 aliphatic rings. The minimum Gasteiger partial charge on any atom is -0.381 e. The molecule has 1 atom stereocenters. The van der Waals surface area contributed by atoms with E-state index in [9.17, 15) is 4.79 Å². The summed E-state index contributed by atoms with van der Waals surface area (Å²) in [6.07, 6.45) is 5.64. The van der Waals surface area contributed by atoms with Crippen molar-refractivity contribution >= 4 is 17.4 Å². The van der Waals surface area contributed by atoms with Crippen LogP contribution in [0.1, 0.15) is 32.7 Å². The van der Waals surface area contributed by atoms with Gasteiger partial charge in [-0.05, 0) is 38.8 Å². The fraction of sp³-hybridized carbons (Fsp3) is 0.444. The molecule has 0 saturated carbocycles. The molecule has 128 valence electrons. The standard InChI is InChI=1S/C18H25N5O/c1-14(2)23-13-17(11-19-23)21-18(24)22-10-6-9-16(12-22)20-15-7-4-3-5-8-15/h3-5,7-8,11,13-14,16,20H,6,9-10,12H2,1-2H3,(H,21,24)/t16-/m1/s1. The zero-order valence-corrected chi connectivity index (χ0v) is 14.3. The molecule has 6 heteroatoms. The van der Waals surface area contributed by atoms with Crippen molar-refractivity contribution in [1.29, 1.82) is 0 Å². The molecule has 1 aliphatic heterocycles. The molecular weight excluding hydrogens is 302 g/mol. The first-order chi connectivity index (χ1) is 11.6. The maximum Gasteiger partial charge on any atom is 0.322 e. The van der Waals surface area contributed by atoms with E-state index in [2.05, 4.69) is 41.7 Å². The van der Waals surface area contributed by atoms with E-state index in [1.165, 1.54) is 0 Å². The second kappa shape index (κ2) is 7.38. The number of urea groups is 1. The van der Waals surface area contributed by atoms with Crippen molar-refractivity contribution in [3.8, 4) is 0 Å². The topological polar surface area (TPSA) is 62.2 Å². The van der Waals surface area contributed by atoms with E-state index in [0.717, 1.165) is 30.8 Å². The van der Waals surface area contributed by atoms with Crippen LogP contribution in [-0.2, 0) is 0 Å². The summed E-state index contributed by atoms with van der Waals surface area (Å²) in [7, 11) is 0. The average Bonchev–Trinajstić information content (AvgIpc) is 3.05. The number of nitrogens with zero attached hydrogens (tertiary/aromatic N) is 3. The molecule has 24 heavy (non-hydrogen) atoms. The van der Waals surface area contributed by atoms with E-state index in [1.54, 1.807) is 6.20 Å². The van der Waals surface area contributed by atoms with Crippen molar-refractivity contribution < 1.29 is 4.79 Å². The van der Waals surface area contributed by atoms with Crippen LogP contribution in [0.3, 0.4) is 0 Å². The molecule has 2 aromatic rings. The third-order valence-corrected chi connectivity index (χ3v) is 4.24. The van der Waals surface area contributed by atoms with Gasteiger partial charge in [-0.3, -0.25) is 4.68 Å². The average molecular weight is 327 g/mol. The molecule has 1 saturated heterocycles. The highest BCUT2D eigenvalue weighted by molar-refractivity contribution is 5.89. The van der Waals surface area contributed by atoms with Crippen LogP contribution in [-0.4, -0.2) is 39.8 Å². The maximum absolute atomic E-state index is 12.5. The lowest BCUT2D eigenvalue weighted by Gasteiger charge is -2.33. The van der Waals surface area contributed by atoms with Gasteiger partial charge in [0.05, 0.1) is 11.9 Å². The predicted octanol–water partition coefficient (Wildman–Crippen LogP) is 3.57. The highest BCUT2D eigenvalue weighted by atomic mass is 16.2. The van der Waals surface area contributed by atoms with Crippen molar-refractivity contribution in [2.24, 2.45) is 0 Å². The summed E-state index contributed by atoms with van der Waals surface area (Å²) >= 11 is 0. The molecule has 0 bridgehead atoms. The van der Waals surface area contributed by atoms with Crippen LogP contribution in [0.2, 0.25) is 0 Å². The number of piperidine rings is 1. The maximum atomic E-state index is 12.5. The number of anilines is 2. The first kappa shape index (κ1) is 16.4. The SMILES string of the molecule is CC(C)n1cc(NC(=O)N2CCC[C@@H](Nc3ccccc3)C2)cn1. The first-order valence-electron chi connectivity index (χ1n) is 8.53. The fourth-order valence-corrected chi connectivity index (χ4v) is 2.94. The normalized spacial score (nSPS) is 17.8. The number of carbonyl (C=O) groups excluding carboxylic acids is 1. The Morgan fingerprint density at radius 2 is 2.04 bits per heavy atom. The number of hydrogen-bond donors (Lipinski definition) is 2. The number of carbonyl (C=O) groups is 1. The van der Waals surface area contributed by atoms with E-state index in [1.807, 2.05) is 34.0 Å². The molecule has 2 N–H and O–H groups in total. The molecular formula is C18H25N5O. The van der Waals surface area contributed by atoms with Gasteiger partial charge in [0.15, 0.2) is 0 Å². The Morgan fingerprint density at radius 1 is 1.25 bits per heavy atom. The van der Waals surface area contributed by atoms with Crippen LogP contribution in [0.25, 0.3) is 0 Å². The molecule has 1 aromatic carbocycles. The number of likely N-dealkylation sites (tertiary alicyclic amines) is 1. The molecule has 0 unspecified atom stereocenters. The van der Waals surface area contributed by atoms with Gasteiger partial charge in [-0.2, -0.15) is 5.10 Å². The second-order valence-electron chi connectivity index (χ2n) is 6.53. The summed E-state index contributed by atoms with van der Waals surface area (Å²) in [6.45, 7) is 5.61. The highest BCUT2D eigenvalue weighted by Crippen LogP contribution is 2.17. The summed E-state index contributed by atoms with van der Waals surface area (Å²) in [4.78, 5) is 14.4. The third-order valence-electron chi connectivity index (χ3n) is 4.24. The monoisotopic (exact) mass is 327 g/mol. The predicted molar refractivity (Wildman–Crippen MR) is 96.3 cm³/mol. The zero-order chi connectivity index (χ0) is 16.9. The molecule has 1 aromatic heterocycles. The van der Waals surface area contributed by atoms with E-state index in [-0.39, 0.29) is 18.1 Å². The zero-order valence-electron chi connectivity index (χ0n) is 14.3. The second-order valence-corrected chi connectivity index (χ2v) is 6.53.